The summed E-state index contributed by atoms with van der Waals surface area (Å²) in [6, 6.07) is 5.40. The molecule has 1 rings (SSSR count). The van der Waals surface area contributed by atoms with Crippen molar-refractivity contribution < 1.29 is 9.59 Å². The van der Waals surface area contributed by atoms with Gasteiger partial charge in [-0.05, 0) is 51.4 Å². The van der Waals surface area contributed by atoms with Crippen LogP contribution in [0.3, 0.4) is 0 Å². The van der Waals surface area contributed by atoms with Crippen molar-refractivity contribution in [3.05, 3.63) is 29.3 Å². The van der Waals surface area contributed by atoms with Crippen molar-refractivity contribution in [2.75, 3.05) is 11.9 Å². The number of amides is 2. The number of benzene rings is 1. The molecule has 0 fully saturated rings. The van der Waals surface area contributed by atoms with Gasteiger partial charge in [0.25, 0.3) is 5.91 Å². The molecule has 6 heteroatoms. The number of carbonyl (C=O) groups excluding carboxylic acids is 2. The van der Waals surface area contributed by atoms with E-state index in [0.29, 0.717) is 30.6 Å². The SMILES string of the molecule is Cc1ccc(NC(=O)CCCN)cc1C(=O)NC(C)C.Cl. The molecule has 0 radical (unpaired) electrons. The molecule has 0 unspecified atom stereocenters. The van der Waals surface area contributed by atoms with Gasteiger partial charge in [0.15, 0.2) is 0 Å². The van der Waals surface area contributed by atoms with Gasteiger partial charge in [0.05, 0.1) is 0 Å². The van der Waals surface area contributed by atoms with Gasteiger partial charge in [0.2, 0.25) is 5.91 Å². The number of carbonyl (C=O) groups is 2. The van der Waals surface area contributed by atoms with Gasteiger partial charge in [0, 0.05) is 23.7 Å². The van der Waals surface area contributed by atoms with Crippen LogP contribution in [0.4, 0.5) is 5.69 Å². The number of hydrogen-bond donors (Lipinski definition) is 3. The fraction of sp³-hybridized carbons (Fsp3) is 0.467. The largest absolute Gasteiger partial charge is 0.350 e. The van der Waals surface area contributed by atoms with E-state index in [0.717, 1.165) is 5.56 Å². The molecular formula is C15H24ClN3O2. The molecule has 1 aromatic rings. The van der Waals surface area contributed by atoms with Crippen LogP contribution in [-0.4, -0.2) is 24.4 Å². The Bertz CT molecular complexity index is 490. The van der Waals surface area contributed by atoms with Crippen molar-refractivity contribution in [1.82, 2.24) is 5.32 Å². The fourth-order valence-corrected chi connectivity index (χ4v) is 1.77. The van der Waals surface area contributed by atoms with Crippen molar-refractivity contribution in [2.45, 2.75) is 39.7 Å². The van der Waals surface area contributed by atoms with E-state index in [-0.39, 0.29) is 30.3 Å². The van der Waals surface area contributed by atoms with Crippen LogP contribution in [0.1, 0.15) is 42.6 Å². The Kier molecular flexibility index (Phi) is 8.66. The average molecular weight is 314 g/mol. The van der Waals surface area contributed by atoms with Crippen molar-refractivity contribution in [3.8, 4) is 0 Å². The summed E-state index contributed by atoms with van der Waals surface area (Å²) in [6.45, 7) is 6.18. The number of halogens is 1. The molecule has 118 valence electrons. The minimum Gasteiger partial charge on any atom is -0.350 e. The van der Waals surface area contributed by atoms with E-state index >= 15 is 0 Å². The zero-order valence-electron chi connectivity index (χ0n) is 12.7. The minimum atomic E-state index is -0.129. The molecule has 0 bridgehead atoms. The molecule has 0 heterocycles. The lowest BCUT2D eigenvalue weighted by Crippen LogP contribution is -2.30. The molecule has 2 amide bonds. The maximum absolute atomic E-state index is 12.0. The van der Waals surface area contributed by atoms with E-state index in [9.17, 15) is 9.59 Å². The van der Waals surface area contributed by atoms with Crippen LogP contribution in [0.25, 0.3) is 0 Å². The molecule has 0 atom stereocenters. The lowest BCUT2D eigenvalue weighted by Gasteiger charge is -2.12. The second-order valence-corrected chi connectivity index (χ2v) is 5.10. The van der Waals surface area contributed by atoms with E-state index in [1.165, 1.54) is 0 Å². The lowest BCUT2D eigenvalue weighted by molar-refractivity contribution is -0.116. The van der Waals surface area contributed by atoms with Crippen molar-refractivity contribution in [2.24, 2.45) is 5.73 Å². The predicted molar refractivity (Wildman–Crippen MR) is 87.9 cm³/mol. The van der Waals surface area contributed by atoms with Gasteiger partial charge in [-0.2, -0.15) is 0 Å². The molecule has 21 heavy (non-hydrogen) atoms. The smallest absolute Gasteiger partial charge is 0.251 e. The monoisotopic (exact) mass is 313 g/mol. The van der Waals surface area contributed by atoms with E-state index in [4.69, 9.17) is 5.73 Å². The van der Waals surface area contributed by atoms with Crippen molar-refractivity contribution >= 4 is 29.9 Å². The fourth-order valence-electron chi connectivity index (χ4n) is 1.77. The standard InChI is InChI=1S/C15H23N3O2.ClH/c1-10(2)17-15(20)13-9-12(7-6-11(13)3)18-14(19)5-4-8-16;/h6-7,9-10H,4-5,8,16H2,1-3H3,(H,17,20)(H,18,19);1H. The number of nitrogens with one attached hydrogen (secondary N) is 2. The summed E-state index contributed by atoms with van der Waals surface area (Å²) in [6.07, 6.45) is 1.04. The maximum Gasteiger partial charge on any atom is 0.251 e. The third kappa shape index (κ3) is 6.60. The third-order valence-corrected chi connectivity index (χ3v) is 2.79. The normalized spacial score (nSPS) is 9.95. The zero-order valence-corrected chi connectivity index (χ0v) is 13.5. The molecule has 5 nitrogen and oxygen atoms in total. The van der Waals surface area contributed by atoms with E-state index in [2.05, 4.69) is 10.6 Å². The topological polar surface area (TPSA) is 84.2 Å². The highest BCUT2D eigenvalue weighted by molar-refractivity contribution is 5.98. The number of aryl methyl sites for hydroxylation is 1. The van der Waals surface area contributed by atoms with Crippen LogP contribution < -0.4 is 16.4 Å². The van der Waals surface area contributed by atoms with Gasteiger partial charge in [0.1, 0.15) is 0 Å². The maximum atomic E-state index is 12.0. The average Bonchev–Trinajstić information content (AvgIpc) is 2.37. The molecular weight excluding hydrogens is 290 g/mol. The summed E-state index contributed by atoms with van der Waals surface area (Å²) in [7, 11) is 0. The van der Waals surface area contributed by atoms with Crippen LogP contribution in [0.5, 0.6) is 0 Å². The first-order chi connectivity index (χ1) is 9.43. The van der Waals surface area contributed by atoms with E-state index in [1.807, 2.05) is 26.8 Å². The first-order valence-electron chi connectivity index (χ1n) is 6.85. The van der Waals surface area contributed by atoms with Crippen LogP contribution in [0.2, 0.25) is 0 Å². The summed E-state index contributed by atoms with van der Waals surface area (Å²) in [5.74, 6) is -0.218. The van der Waals surface area contributed by atoms with Crippen LogP contribution in [0.15, 0.2) is 18.2 Å². The quantitative estimate of drug-likeness (QED) is 0.753. The Morgan fingerprint density at radius 3 is 2.52 bits per heavy atom. The van der Waals surface area contributed by atoms with Gasteiger partial charge in [-0.15, -0.1) is 12.4 Å². The van der Waals surface area contributed by atoms with Crippen molar-refractivity contribution in [1.29, 1.82) is 0 Å². The van der Waals surface area contributed by atoms with Crippen LogP contribution in [0, 0.1) is 6.92 Å². The second-order valence-electron chi connectivity index (χ2n) is 5.10. The van der Waals surface area contributed by atoms with Crippen LogP contribution in [-0.2, 0) is 4.79 Å². The summed E-state index contributed by atoms with van der Waals surface area (Å²) < 4.78 is 0. The van der Waals surface area contributed by atoms with E-state index < -0.39 is 0 Å². The Labute approximate surface area is 132 Å². The van der Waals surface area contributed by atoms with Gasteiger partial charge < -0.3 is 16.4 Å². The summed E-state index contributed by atoms with van der Waals surface area (Å²) >= 11 is 0. The molecule has 1 aromatic carbocycles. The predicted octanol–water partition coefficient (Wildman–Crippen LogP) is 2.23. The lowest BCUT2D eigenvalue weighted by atomic mass is 10.1. The molecule has 0 aromatic heterocycles. The number of hydrogen-bond acceptors (Lipinski definition) is 3. The molecule has 0 aliphatic carbocycles. The number of rotatable bonds is 6. The van der Waals surface area contributed by atoms with Crippen molar-refractivity contribution in [3.63, 3.8) is 0 Å². The number of nitrogens with two attached hydrogens (primary N) is 1. The Balaban J connectivity index is 0.00000400. The summed E-state index contributed by atoms with van der Waals surface area (Å²) in [5, 5.41) is 5.62. The van der Waals surface area contributed by atoms with Gasteiger partial charge in [-0.3, -0.25) is 9.59 Å². The molecule has 0 spiro atoms. The summed E-state index contributed by atoms with van der Waals surface area (Å²) in [5.41, 5.74) is 7.46. The van der Waals surface area contributed by atoms with E-state index in [1.54, 1.807) is 12.1 Å². The molecule has 0 aliphatic rings. The molecule has 0 saturated heterocycles. The highest BCUT2D eigenvalue weighted by atomic mass is 35.5. The Morgan fingerprint density at radius 2 is 1.95 bits per heavy atom. The van der Waals surface area contributed by atoms with Gasteiger partial charge in [-0.25, -0.2) is 0 Å². The highest BCUT2D eigenvalue weighted by Crippen LogP contribution is 2.16. The zero-order chi connectivity index (χ0) is 15.1. The molecule has 0 saturated carbocycles. The molecule has 0 aliphatic heterocycles. The summed E-state index contributed by atoms with van der Waals surface area (Å²) in [4.78, 5) is 23.7. The highest BCUT2D eigenvalue weighted by Gasteiger charge is 2.11. The first kappa shape index (κ1) is 19.4. The van der Waals surface area contributed by atoms with Gasteiger partial charge >= 0.3 is 0 Å². The molecule has 4 N–H and O–H groups in total. The van der Waals surface area contributed by atoms with Gasteiger partial charge in [-0.1, -0.05) is 6.07 Å². The second kappa shape index (κ2) is 9.37. The first-order valence-corrected chi connectivity index (χ1v) is 6.85. The number of anilines is 1. The minimum absolute atomic E-state index is 0. The Hall–Kier alpha value is -1.59. The Morgan fingerprint density at radius 1 is 1.29 bits per heavy atom. The third-order valence-electron chi connectivity index (χ3n) is 2.79. The van der Waals surface area contributed by atoms with Crippen LogP contribution >= 0.6 is 12.4 Å².